The third kappa shape index (κ3) is 3.97. The zero-order chi connectivity index (χ0) is 15.4. The topological polar surface area (TPSA) is 56.3 Å². The highest BCUT2D eigenvalue weighted by molar-refractivity contribution is 6.31. The highest BCUT2D eigenvalue weighted by Gasteiger charge is 2.27. The van der Waals surface area contributed by atoms with Gasteiger partial charge in [-0.15, -0.1) is 0 Å². The summed E-state index contributed by atoms with van der Waals surface area (Å²) in [4.78, 5) is 2.43. The molecule has 5 nitrogen and oxygen atoms in total. The van der Waals surface area contributed by atoms with Gasteiger partial charge in [0.25, 0.3) is 0 Å². The first-order valence-electron chi connectivity index (χ1n) is 7.88. The number of hydrogen-bond acceptors (Lipinski definition) is 4. The van der Waals surface area contributed by atoms with E-state index in [1.54, 1.807) is 0 Å². The molecule has 0 aliphatic carbocycles. The first kappa shape index (κ1) is 16.7. The van der Waals surface area contributed by atoms with Gasteiger partial charge >= 0.3 is 0 Å². The van der Waals surface area contributed by atoms with Crippen molar-refractivity contribution in [3.8, 4) is 0 Å². The van der Waals surface area contributed by atoms with E-state index in [1.807, 2.05) is 11.6 Å². The lowest BCUT2D eigenvalue weighted by Crippen LogP contribution is -2.51. The second-order valence-corrected chi connectivity index (χ2v) is 6.12. The van der Waals surface area contributed by atoms with Crippen molar-refractivity contribution in [2.75, 3.05) is 26.2 Å². The van der Waals surface area contributed by atoms with Crippen LogP contribution in [0.5, 0.6) is 0 Å². The number of rotatable bonds is 6. The second-order valence-electron chi connectivity index (χ2n) is 5.74. The summed E-state index contributed by atoms with van der Waals surface area (Å²) < 4.78 is 7.82. The Labute approximate surface area is 132 Å². The minimum absolute atomic E-state index is 0.0523. The maximum atomic E-state index is 6.39. The molecule has 2 N–H and O–H groups in total. The Morgan fingerprint density at radius 2 is 2.24 bits per heavy atom. The molecule has 2 heterocycles. The minimum atomic E-state index is -0.0523. The number of halogens is 1. The van der Waals surface area contributed by atoms with E-state index in [4.69, 9.17) is 22.1 Å². The number of hydrogen-bond donors (Lipinski definition) is 1. The summed E-state index contributed by atoms with van der Waals surface area (Å²) in [6, 6.07) is -0.0523. The molecule has 1 fully saturated rings. The predicted octanol–water partition coefficient (Wildman–Crippen LogP) is 1.85. The van der Waals surface area contributed by atoms with Gasteiger partial charge in [-0.25, -0.2) is 0 Å². The fraction of sp³-hybridized carbons (Fsp3) is 0.800. The number of ether oxygens (including phenoxy) is 1. The Kier molecular flexibility index (Phi) is 6.05. The van der Waals surface area contributed by atoms with Crippen molar-refractivity contribution < 1.29 is 4.74 Å². The van der Waals surface area contributed by atoms with Crippen LogP contribution in [0.4, 0.5) is 0 Å². The Bertz CT molecular complexity index is 461. The standard InChI is InChI=1S/C15H27ClN4O/c1-4-6-19-7-8-21-14(10-19)12(17)9-13-15(16)11(3)18-20(13)5-2/h12,14H,4-10,17H2,1-3H3. The fourth-order valence-electron chi connectivity index (χ4n) is 2.93. The maximum Gasteiger partial charge on any atom is 0.0856 e. The van der Waals surface area contributed by atoms with E-state index in [2.05, 4.69) is 23.8 Å². The van der Waals surface area contributed by atoms with Gasteiger partial charge in [-0.2, -0.15) is 5.10 Å². The van der Waals surface area contributed by atoms with Crippen LogP contribution in [0.2, 0.25) is 5.02 Å². The molecule has 0 spiro atoms. The van der Waals surface area contributed by atoms with E-state index in [9.17, 15) is 0 Å². The van der Waals surface area contributed by atoms with Crippen LogP contribution in [-0.4, -0.2) is 53.1 Å². The average molecular weight is 315 g/mol. The van der Waals surface area contributed by atoms with Gasteiger partial charge in [-0.05, 0) is 26.8 Å². The molecule has 0 radical (unpaired) electrons. The van der Waals surface area contributed by atoms with Crippen molar-refractivity contribution in [2.24, 2.45) is 5.73 Å². The molecule has 120 valence electrons. The molecule has 1 aromatic rings. The molecule has 6 heteroatoms. The van der Waals surface area contributed by atoms with Crippen LogP contribution in [0, 0.1) is 6.92 Å². The van der Waals surface area contributed by atoms with Crippen LogP contribution in [0.1, 0.15) is 31.7 Å². The molecule has 1 saturated heterocycles. The van der Waals surface area contributed by atoms with Crippen LogP contribution < -0.4 is 5.73 Å². The first-order chi connectivity index (χ1) is 10.1. The average Bonchev–Trinajstić information content (AvgIpc) is 2.75. The minimum Gasteiger partial charge on any atom is -0.374 e. The largest absolute Gasteiger partial charge is 0.374 e. The molecular weight excluding hydrogens is 288 g/mol. The highest BCUT2D eigenvalue weighted by Crippen LogP contribution is 2.23. The smallest absolute Gasteiger partial charge is 0.0856 e. The van der Waals surface area contributed by atoms with Crippen LogP contribution in [0.15, 0.2) is 0 Å². The Balaban J connectivity index is 2.02. The van der Waals surface area contributed by atoms with E-state index in [1.165, 1.54) is 0 Å². The van der Waals surface area contributed by atoms with Crippen molar-refractivity contribution in [3.63, 3.8) is 0 Å². The lowest BCUT2D eigenvalue weighted by Gasteiger charge is -2.35. The number of morpholine rings is 1. The molecule has 1 aromatic heterocycles. The highest BCUT2D eigenvalue weighted by atomic mass is 35.5. The van der Waals surface area contributed by atoms with Gasteiger partial charge in [0.05, 0.1) is 29.1 Å². The monoisotopic (exact) mass is 314 g/mol. The van der Waals surface area contributed by atoms with Crippen LogP contribution in [0.25, 0.3) is 0 Å². The van der Waals surface area contributed by atoms with E-state index in [-0.39, 0.29) is 12.1 Å². The molecule has 0 saturated carbocycles. The predicted molar refractivity (Wildman–Crippen MR) is 85.8 cm³/mol. The van der Waals surface area contributed by atoms with Crippen LogP contribution >= 0.6 is 11.6 Å². The zero-order valence-electron chi connectivity index (χ0n) is 13.3. The lowest BCUT2D eigenvalue weighted by molar-refractivity contribution is -0.0403. The summed E-state index contributed by atoms with van der Waals surface area (Å²) in [7, 11) is 0. The lowest BCUT2D eigenvalue weighted by atomic mass is 10.0. The second kappa shape index (κ2) is 7.58. The van der Waals surface area contributed by atoms with Crippen molar-refractivity contribution >= 4 is 11.6 Å². The van der Waals surface area contributed by atoms with Gasteiger partial charge in [0.15, 0.2) is 0 Å². The Morgan fingerprint density at radius 3 is 2.90 bits per heavy atom. The molecule has 1 aliphatic rings. The van der Waals surface area contributed by atoms with Gasteiger partial charge in [-0.1, -0.05) is 18.5 Å². The van der Waals surface area contributed by atoms with Gasteiger partial charge in [0.1, 0.15) is 0 Å². The quantitative estimate of drug-likeness (QED) is 0.870. The fourth-order valence-corrected chi connectivity index (χ4v) is 3.14. The molecule has 21 heavy (non-hydrogen) atoms. The molecule has 1 aliphatic heterocycles. The van der Waals surface area contributed by atoms with Crippen molar-refractivity contribution in [1.29, 1.82) is 0 Å². The Hall–Kier alpha value is -0.620. The normalized spacial score (nSPS) is 21.7. The summed E-state index contributed by atoms with van der Waals surface area (Å²) in [5.74, 6) is 0. The van der Waals surface area contributed by atoms with Gasteiger partial charge < -0.3 is 10.5 Å². The van der Waals surface area contributed by atoms with E-state index in [0.717, 1.165) is 55.6 Å². The Morgan fingerprint density at radius 1 is 1.48 bits per heavy atom. The summed E-state index contributed by atoms with van der Waals surface area (Å²) in [6.07, 6.45) is 1.94. The molecule has 2 unspecified atom stereocenters. The van der Waals surface area contributed by atoms with Gasteiger partial charge in [0, 0.05) is 32.1 Å². The molecule has 2 atom stereocenters. The van der Waals surface area contributed by atoms with Gasteiger partial charge in [0.2, 0.25) is 0 Å². The first-order valence-corrected chi connectivity index (χ1v) is 8.25. The molecule has 0 amide bonds. The number of aromatic nitrogens is 2. The third-order valence-electron chi connectivity index (χ3n) is 4.08. The summed E-state index contributed by atoms with van der Waals surface area (Å²) in [5, 5.41) is 5.19. The third-order valence-corrected chi connectivity index (χ3v) is 4.57. The number of nitrogens with zero attached hydrogens (tertiary/aromatic N) is 3. The van der Waals surface area contributed by atoms with E-state index < -0.39 is 0 Å². The molecule has 0 aromatic carbocycles. The number of nitrogens with two attached hydrogens (primary N) is 1. The summed E-state index contributed by atoms with van der Waals surface area (Å²) >= 11 is 6.36. The maximum absolute atomic E-state index is 6.39. The zero-order valence-corrected chi connectivity index (χ0v) is 14.1. The molecule has 2 rings (SSSR count). The van der Waals surface area contributed by atoms with Crippen LogP contribution in [-0.2, 0) is 17.7 Å². The van der Waals surface area contributed by atoms with Crippen molar-refractivity contribution in [1.82, 2.24) is 14.7 Å². The van der Waals surface area contributed by atoms with E-state index in [0.29, 0.717) is 6.42 Å². The summed E-state index contributed by atoms with van der Waals surface area (Å²) in [6.45, 7) is 10.8. The molecular formula is C15H27ClN4O. The van der Waals surface area contributed by atoms with Gasteiger partial charge in [-0.3, -0.25) is 9.58 Å². The number of aryl methyl sites for hydroxylation is 2. The van der Waals surface area contributed by atoms with Crippen molar-refractivity contribution in [2.45, 2.75) is 52.3 Å². The SMILES string of the molecule is CCCN1CCOC(C(N)Cc2c(Cl)c(C)nn2CC)C1. The molecule has 0 bridgehead atoms. The van der Waals surface area contributed by atoms with Crippen LogP contribution in [0.3, 0.4) is 0 Å². The van der Waals surface area contributed by atoms with Crippen molar-refractivity contribution in [3.05, 3.63) is 16.4 Å². The summed E-state index contributed by atoms with van der Waals surface area (Å²) in [5.41, 5.74) is 8.29. The van der Waals surface area contributed by atoms with E-state index >= 15 is 0 Å².